The summed E-state index contributed by atoms with van der Waals surface area (Å²) in [6, 6.07) is 3.77. The number of amides is 2. The maximum Gasteiger partial charge on any atom is 0.337 e. The van der Waals surface area contributed by atoms with Crippen LogP contribution in [0.25, 0.3) is 0 Å². The highest BCUT2D eigenvalue weighted by atomic mass is 35.5. The molecule has 1 unspecified atom stereocenters. The number of nitrogens with one attached hydrogen (secondary N) is 2. The Morgan fingerprint density at radius 3 is 2.26 bits per heavy atom. The van der Waals surface area contributed by atoms with Crippen LogP contribution in [0.4, 0.5) is 10.5 Å². The molecule has 1 aromatic carbocycles. The van der Waals surface area contributed by atoms with Crippen LogP contribution in [-0.2, 0) is 4.79 Å². The van der Waals surface area contributed by atoms with Crippen molar-refractivity contribution in [1.29, 1.82) is 0 Å². The number of carboxylic acids is 1. The molecular weight excluding hydrogens is 295 g/mol. The van der Waals surface area contributed by atoms with Gasteiger partial charge in [0.2, 0.25) is 0 Å². The molecule has 4 N–H and O–H groups in total. The standard InChI is InChI=1S/C11H12Cl2N2O4/c1-11(19,9(16)17)5-14-10(18)15-8-3-6(12)2-7(13)4-8/h2-4,19H,5H2,1H3,(H,16,17)(H2,14,15,18). The van der Waals surface area contributed by atoms with Gasteiger partial charge < -0.3 is 20.8 Å². The Hall–Kier alpha value is -1.50. The second kappa shape index (κ2) is 6.10. The van der Waals surface area contributed by atoms with E-state index in [0.29, 0.717) is 15.7 Å². The van der Waals surface area contributed by atoms with E-state index >= 15 is 0 Å². The normalized spacial score (nSPS) is 13.5. The quantitative estimate of drug-likeness (QED) is 0.683. The minimum atomic E-state index is -2.04. The maximum atomic E-state index is 11.5. The van der Waals surface area contributed by atoms with Gasteiger partial charge in [-0.3, -0.25) is 0 Å². The van der Waals surface area contributed by atoms with Crippen molar-refractivity contribution in [2.45, 2.75) is 12.5 Å². The first kappa shape index (κ1) is 15.6. The van der Waals surface area contributed by atoms with Gasteiger partial charge in [-0.2, -0.15) is 0 Å². The van der Waals surface area contributed by atoms with Gasteiger partial charge in [-0.1, -0.05) is 23.2 Å². The third-order valence-electron chi connectivity index (χ3n) is 2.17. The van der Waals surface area contributed by atoms with Crippen LogP contribution in [0.5, 0.6) is 0 Å². The van der Waals surface area contributed by atoms with Crippen molar-refractivity contribution in [3.05, 3.63) is 28.2 Å². The Morgan fingerprint density at radius 2 is 1.79 bits per heavy atom. The topological polar surface area (TPSA) is 98.7 Å². The minimum Gasteiger partial charge on any atom is -0.479 e. The van der Waals surface area contributed by atoms with Crippen LogP contribution < -0.4 is 10.6 Å². The monoisotopic (exact) mass is 306 g/mol. The predicted molar refractivity (Wildman–Crippen MR) is 71.7 cm³/mol. The summed E-state index contributed by atoms with van der Waals surface area (Å²) in [5.41, 5.74) is -1.69. The summed E-state index contributed by atoms with van der Waals surface area (Å²) in [6.45, 7) is 0.633. The van der Waals surface area contributed by atoms with Crippen LogP contribution >= 0.6 is 23.2 Å². The molecule has 0 spiro atoms. The molecule has 0 aliphatic rings. The molecule has 0 radical (unpaired) electrons. The van der Waals surface area contributed by atoms with E-state index in [4.69, 9.17) is 28.3 Å². The average Bonchev–Trinajstić information content (AvgIpc) is 2.24. The molecule has 19 heavy (non-hydrogen) atoms. The highest BCUT2D eigenvalue weighted by molar-refractivity contribution is 6.35. The lowest BCUT2D eigenvalue weighted by molar-refractivity contribution is -0.155. The fraction of sp³-hybridized carbons (Fsp3) is 0.273. The second-order valence-electron chi connectivity index (χ2n) is 4.04. The van der Waals surface area contributed by atoms with Gasteiger partial charge in [0.15, 0.2) is 5.60 Å². The molecule has 104 valence electrons. The van der Waals surface area contributed by atoms with Gasteiger partial charge in [0.05, 0.1) is 6.54 Å². The van der Waals surface area contributed by atoms with Crippen LogP contribution in [-0.4, -0.2) is 34.4 Å². The van der Waals surface area contributed by atoms with Crippen molar-refractivity contribution >= 4 is 40.9 Å². The smallest absolute Gasteiger partial charge is 0.337 e. The minimum absolute atomic E-state index is 0.348. The lowest BCUT2D eigenvalue weighted by atomic mass is 10.1. The van der Waals surface area contributed by atoms with E-state index in [1.807, 2.05) is 0 Å². The Bertz CT molecular complexity index is 485. The molecular formula is C11H12Cl2N2O4. The number of carbonyl (C=O) groups is 2. The lowest BCUT2D eigenvalue weighted by Gasteiger charge is -2.18. The molecule has 0 fully saturated rings. The first-order valence-corrected chi connectivity index (χ1v) is 5.93. The van der Waals surface area contributed by atoms with Gasteiger partial charge in [0.1, 0.15) is 0 Å². The van der Waals surface area contributed by atoms with E-state index < -0.39 is 24.1 Å². The van der Waals surface area contributed by atoms with Crippen LogP contribution in [0.1, 0.15) is 6.92 Å². The number of anilines is 1. The number of carbonyl (C=O) groups excluding carboxylic acids is 1. The van der Waals surface area contributed by atoms with E-state index in [-0.39, 0.29) is 0 Å². The first-order valence-electron chi connectivity index (χ1n) is 5.17. The van der Waals surface area contributed by atoms with Gasteiger partial charge >= 0.3 is 12.0 Å². The number of urea groups is 1. The van der Waals surface area contributed by atoms with E-state index in [1.54, 1.807) is 0 Å². The Labute approximate surface area is 119 Å². The van der Waals surface area contributed by atoms with E-state index in [9.17, 15) is 14.7 Å². The second-order valence-corrected chi connectivity index (χ2v) is 4.92. The number of hydrogen-bond donors (Lipinski definition) is 4. The molecule has 0 aliphatic heterocycles. The zero-order valence-corrected chi connectivity index (χ0v) is 11.4. The van der Waals surface area contributed by atoms with Gasteiger partial charge in [-0.05, 0) is 25.1 Å². The van der Waals surface area contributed by atoms with Gasteiger partial charge in [0.25, 0.3) is 0 Å². The molecule has 0 aromatic heterocycles. The summed E-state index contributed by atoms with van der Waals surface area (Å²) in [4.78, 5) is 22.1. The van der Waals surface area contributed by atoms with E-state index in [1.165, 1.54) is 18.2 Å². The number of hydrogen-bond acceptors (Lipinski definition) is 3. The molecule has 2 amide bonds. The third kappa shape index (κ3) is 4.94. The summed E-state index contributed by atoms with van der Waals surface area (Å²) >= 11 is 11.5. The summed E-state index contributed by atoms with van der Waals surface area (Å²) in [5, 5.41) is 23.4. The van der Waals surface area contributed by atoms with Crippen LogP contribution in [0, 0.1) is 0 Å². The van der Waals surface area contributed by atoms with Crippen molar-refractivity contribution < 1.29 is 19.8 Å². The molecule has 0 aliphatic carbocycles. The van der Waals surface area contributed by atoms with Crippen molar-refractivity contribution in [3.63, 3.8) is 0 Å². The molecule has 0 heterocycles. The van der Waals surface area contributed by atoms with Crippen molar-refractivity contribution in [2.24, 2.45) is 0 Å². The van der Waals surface area contributed by atoms with E-state index in [2.05, 4.69) is 10.6 Å². The Morgan fingerprint density at radius 1 is 1.26 bits per heavy atom. The Kier molecular flexibility index (Phi) is 4.99. The zero-order valence-electron chi connectivity index (χ0n) is 9.91. The van der Waals surface area contributed by atoms with Crippen molar-refractivity contribution in [3.8, 4) is 0 Å². The van der Waals surface area contributed by atoms with Crippen LogP contribution in [0.3, 0.4) is 0 Å². The number of carboxylic acid groups (broad SMARTS) is 1. The van der Waals surface area contributed by atoms with Gasteiger partial charge in [-0.25, -0.2) is 9.59 Å². The molecule has 1 rings (SSSR count). The predicted octanol–water partition coefficient (Wildman–Crippen LogP) is 1.95. The van der Waals surface area contributed by atoms with E-state index in [0.717, 1.165) is 6.92 Å². The zero-order chi connectivity index (χ0) is 14.6. The number of aliphatic hydroxyl groups is 1. The summed E-state index contributed by atoms with van der Waals surface area (Å²) in [5.74, 6) is -1.43. The average molecular weight is 307 g/mol. The molecule has 1 atom stereocenters. The molecule has 8 heteroatoms. The SMILES string of the molecule is CC(O)(CNC(=O)Nc1cc(Cl)cc(Cl)c1)C(=O)O. The van der Waals surface area contributed by atoms with Gasteiger partial charge in [-0.15, -0.1) is 0 Å². The summed E-state index contributed by atoms with van der Waals surface area (Å²) in [7, 11) is 0. The molecule has 6 nitrogen and oxygen atoms in total. The molecule has 0 bridgehead atoms. The fourth-order valence-corrected chi connectivity index (χ4v) is 1.66. The highest BCUT2D eigenvalue weighted by Crippen LogP contribution is 2.22. The molecule has 0 saturated heterocycles. The fourth-order valence-electron chi connectivity index (χ4n) is 1.13. The lowest BCUT2D eigenvalue weighted by Crippen LogP contribution is -2.47. The van der Waals surface area contributed by atoms with Gasteiger partial charge in [0, 0.05) is 15.7 Å². The number of aliphatic carboxylic acids is 1. The first-order chi connectivity index (χ1) is 8.70. The van der Waals surface area contributed by atoms with Crippen LogP contribution in [0.15, 0.2) is 18.2 Å². The molecule has 1 aromatic rings. The Balaban J connectivity index is 2.59. The molecule has 0 saturated carbocycles. The van der Waals surface area contributed by atoms with Crippen LogP contribution in [0.2, 0.25) is 10.0 Å². The maximum absolute atomic E-state index is 11.5. The summed E-state index contributed by atoms with van der Waals surface area (Å²) in [6.07, 6.45) is 0. The largest absolute Gasteiger partial charge is 0.479 e. The third-order valence-corrected chi connectivity index (χ3v) is 2.61. The van der Waals surface area contributed by atoms with Crippen molar-refractivity contribution in [1.82, 2.24) is 5.32 Å². The highest BCUT2D eigenvalue weighted by Gasteiger charge is 2.30. The number of halogens is 2. The number of benzene rings is 1. The van der Waals surface area contributed by atoms with Crippen molar-refractivity contribution in [2.75, 3.05) is 11.9 Å². The number of rotatable bonds is 4. The summed E-state index contributed by atoms with van der Waals surface area (Å²) < 4.78 is 0.